The third kappa shape index (κ3) is 6.15. The van der Waals surface area contributed by atoms with E-state index in [2.05, 4.69) is 37.2 Å². The van der Waals surface area contributed by atoms with Gasteiger partial charge in [-0.2, -0.15) is 0 Å². The zero-order valence-electron chi connectivity index (χ0n) is 2.54. The predicted octanol–water partition coefficient (Wildman–Crippen LogP) is 2.75. The first-order valence-corrected chi connectivity index (χ1v) is 14.3. The van der Waals surface area contributed by atoms with E-state index in [4.69, 9.17) is 3.07 Å². The zero-order chi connectivity index (χ0) is 4.28. The maximum atomic E-state index is 4.88. The topological polar surface area (TPSA) is 9.23 Å². The quantitative estimate of drug-likeness (QED) is 0.603. The van der Waals surface area contributed by atoms with E-state index in [-0.39, 0.29) is 0 Å². The van der Waals surface area contributed by atoms with Gasteiger partial charge in [0.15, 0.2) is 0 Å². The van der Waals surface area contributed by atoms with Crippen LogP contribution in [0.25, 0.3) is 0 Å². The Balaban J connectivity index is 2.54. The molecule has 34 valence electrons. The van der Waals surface area contributed by atoms with E-state index < -0.39 is 12.3 Å². The molecule has 5 heavy (non-hydrogen) atoms. The summed E-state index contributed by atoms with van der Waals surface area (Å²) in [6, 6.07) is 0. The van der Waals surface area contributed by atoms with Gasteiger partial charge >= 0.3 is 59.7 Å². The van der Waals surface area contributed by atoms with Crippen LogP contribution in [0.1, 0.15) is 0 Å². The van der Waals surface area contributed by atoms with Gasteiger partial charge in [-0.3, -0.25) is 0 Å². The van der Waals surface area contributed by atoms with Crippen molar-refractivity contribution in [2.45, 2.75) is 0 Å². The number of hydrogen-bond donors (Lipinski definition) is 0. The average Bonchev–Trinajstić information content (AvgIpc) is 1.38. The molecule has 0 saturated carbocycles. The molecule has 4 heteroatoms. The molecule has 0 radical (unpaired) electrons. The normalized spacial score (nSPS) is 11.4. The van der Waals surface area contributed by atoms with E-state index in [1.54, 1.807) is 7.11 Å². The first-order chi connectivity index (χ1) is 2.27. The van der Waals surface area contributed by atoms with Crippen LogP contribution in [0.5, 0.6) is 0 Å². The summed E-state index contributed by atoms with van der Waals surface area (Å²) in [5.74, 6) is 0. The van der Waals surface area contributed by atoms with Crippen LogP contribution in [0, 0.1) is 0 Å². The van der Waals surface area contributed by atoms with Crippen molar-refractivity contribution in [3.63, 3.8) is 0 Å². The summed E-state index contributed by atoms with van der Waals surface area (Å²) in [7, 11) is 1.75. The fourth-order valence-electron chi connectivity index (χ4n) is 0. The molecule has 0 bridgehead atoms. The molecule has 0 aromatic carbocycles. The predicted molar refractivity (Wildman–Crippen MR) is 49.1 cm³/mol. The van der Waals surface area contributed by atoms with Crippen LogP contribution in [-0.4, -0.2) is 7.11 Å². The van der Waals surface area contributed by atoms with Crippen molar-refractivity contribution < 1.29 is 3.07 Å². The second-order valence-electron chi connectivity index (χ2n) is 0.325. The molecular weight excluding hydrogens is 409 g/mol. The Hall–Kier alpha value is 2.15. The molecule has 0 fully saturated rings. The van der Waals surface area contributed by atoms with E-state index in [1.165, 1.54) is 0 Å². The standard InChI is InChI=1S/CH3I3O/c1-5-4(2)3/h1H3. The SMILES string of the molecule is COI(I)I. The molecule has 1 nitrogen and oxygen atoms in total. The van der Waals surface area contributed by atoms with E-state index in [1.807, 2.05) is 0 Å². The van der Waals surface area contributed by atoms with Crippen molar-refractivity contribution in [2.24, 2.45) is 0 Å². The van der Waals surface area contributed by atoms with E-state index in [0.717, 1.165) is 0 Å². The molecule has 0 amide bonds. The molecule has 0 unspecified atom stereocenters. The summed E-state index contributed by atoms with van der Waals surface area (Å²) < 4.78 is 4.88. The Labute approximate surface area is 58.5 Å². The monoisotopic (exact) mass is 412 g/mol. The van der Waals surface area contributed by atoms with Gasteiger partial charge in [0.2, 0.25) is 0 Å². The summed E-state index contributed by atoms with van der Waals surface area (Å²) in [6.45, 7) is 0. The molecule has 0 aliphatic heterocycles. The van der Waals surface area contributed by atoms with E-state index in [9.17, 15) is 0 Å². The van der Waals surface area contributed by atoms with Gasteiger partial charge in [0.05, 0.1) is 0 Å². The van der Waals surface area contributed by atoms with Crippen LogP contribution in [0.3, 0.4) is 0 Å². The van der Waals surface area contributed by atoms with Gasteiger partial charge in [-0.05, 0) is 0 Å². The Morgan fingerprint density at radius 1 is 1.60 bits per heavy atom. The molecule has 0 atom stereocenters. The second kappa shape index (κ2) is 4.31. The zero-order valence-corrected chi connectivity index (χ0v) is 9.01. The molecule has 0 aliphatic carbocycles. The first kappa shape index (κ1) is 7.15. The Morgan fingerprint density at radius 2 is 1.80 bits per heavy atom. The van der Waals surface area contributed by atoms with Crippen LogP contribution in [0.2, 0.25) is 0 Å². The van der Waals surface area contributed by atoms with E-state index in [0.29, 0.717) is 0 Å². The van der Waals surface area contributed by atoms with Crippen LogP contribution in [0.15, 0.2) is 0 Å². The van der Waals surface area contributed by atoms with Gasteiger partial charge in [0.25, 0.3) is 0 Å². The summed E-state index contributed by atoms with van der Waals surface area (Å²) >= 11 is 3.81. The van der Waals surface area contributed by atoms with Crippen molar-refractivity contribution in [3.8, 4) is 0 Å². The number of halogens is 3. The molecule has 0 aliphatic rings. The van der Waals surface area contributed by atoms with Gasteiger partial charge in [-0.25, -0.2) is 0 Å². The first-order valence-electron chi connectivity index (χ1n) is 0.848. The minimum atomic E-state index is -0.842. The molecule has 0 aromatic heterocycles. The minimum absolute atomic E-state index is 0.842. The number of rotatable bonds is 1. The van der Waals surface area contributed by atoms with Crippen LogP contribution >= 0.6 is 49.5 Å². The summed E-state index contributed by atoms with van der Waals surface area (Å²) in [5.41, 5.74) is 0. The van der Waals surface area contributed by atoms with Gasteiger partial charge in [0, 0.05) is 0 Å². The third-order valence-electron chi connectivity index (χ3n) is 0.117. The Morgan fingerprint density at radius 3 is 1.80 bits per heavy atom. The Bertz CT molecular complexity index is 20.9. The third-order valence-corrected chi connectivity index (χ3v) is 5.25. The summed E-state index contributed by atoms with van der Waals surface area (Å²) in [6.07, 6.45) is 0. The summed E-state index contributed by atoms with van der Waals surface area (Å²) in [5, 5.41) is 0. The second-order valence-corrected chi connectivity index (χ2v) is 22.6. The Kier molecular flexibility index (Phi) is 6.17. The molecule has 0 aromatic rings. The van der Waals surface area contributed by atoms with Gasteiger partial charge in [0.1, 0.15) is 0 Å². The van der Waals surface area contributed by atoms with Crippen molar-refractivity contribution in [2.75, 3.05) is 7.11 Å². The molecule has 0 saturated heterocycles. The fraction of sp³-hybridized carbons (Fsp3) is 1.00. The number of hydrogen-bond acceptors (Lipinski definition) is 1. The molecule has 0 N–H and O–H groups in total. The van der Waals surface area contributed by atoms with Crippen molar-refractivity contribution in [3.05, 3.63) is 0 Å². The fourth-order valence-corrected chi connectivity index (χ4v) is 0. The van der Waals surface area contributed by atoms with Crippen LogP contribution < -0.4 is 0 Å². The molecule has 0 rings (SSSR count). The van der Waals surface area contributed by atoms with Crippen molar-refractivity contribution in [1.82, 2.24) is 0 Å². The average molecular weight is 412 g/mol. The van der Waals surface area contributed by atoms with Gasteiger partial charge in [-0.1, -0.05) is 0 Å². The molecule has 0 heterocycles. The van der Waals surface area contributed by atoms with Crippen LogP contribution in [0.4, 0.5) is 0 Å². The van der Waals surface area contributed by atoms with Crippen molar-refractivity contribution in [1.29, 1.82) is 0 Å². The molecular formula is CH3I3O. The van der Waals surface area contributed by atoms with E-state index >= 15 is 0 Å². The van der Waals surface area contributed by atoms with Crippen molar-refractivity contribution >= 4 is 49.5 Å². The van der Waals surface area contributed by atoms with Gasteiger partial charge < -0.3 is 0 Å². The van der Waals surface area contributed by atoms with Gasteiger partial charge in [-0.15, -0.1) is 0 Å². The summed E-state index contributed by atoms with van der Waals surface area (Å²) in [4.78, 5) is 0. The van der Waals surface area contributed by atoms with Crippen LogP contribution in [-0.2, 0) is 3.07 Å². The maximum absolute atomic E-state index is 4.88. The molecule has 0 spiro atoms.